The summed E-state index contributed by atoms with van der Waals surface area (Å²) in [5.74, 6) is -3.41. The molecule has 2 N–H and O–H groups in total. The Balaban J connectivity index is 1.52. The number of carboxylic acid groups (broad SMARTS) is 1. The predicted molar refractivity (Wildman–Crippen MR) is 117 cm³/mol. The molecule has 5 nitrogen and oxygen atoms in total. The van der Waals surface area contributed by atoms with Crippen molar-refractivity contribution in [2.24, 2.45) is 0 Å². The lowest BCUT2D eigenvalue weighted by Gasteiger charge is -2.26. The molecule has 174 valence electrons. The van der Waals surface area contributed by atoms with Gasteiger partial charge in [0, 0.05) is 29.1 Å². The lowest BCUT2D eigenvalue weighted by molar-refractivity contribution is -0.141. The average Bonchev–Trinajstić information content (AvgIpc) is 3.08. The van der Waals surface area contributed by atoms with Crippen LogP contribution in [0.5, 0.6) is 0 Å². The van der Waals surface area contributed by atoms with Gasteiger partial charge in [-0.15, -0.1) is 0 Å². The van der Waals surface area contributed by atoms with Crippen LogP contribution in [0.4, 0.5) is 13.2 Å². The molecule has 4 rings (SSSR count). The summed E-state index contributed by atoms with van der Waals surface area (Å²) in [7, 11) is 0. The molecule has 0 spiro atoms. The van der Waals surface area contributed by atoms with E-state index in [0.717, 1.165) is 23.4 Å². The van der Waals surface area contributed by atoms with E-state index in [-0.39, 0.29) is 24.8 Å². The summed E-state index contributed by atoms with van der Waals surface area (Å²) in [5, 5.41) is 13.4. The molecule has 1 aromatic heterocycles. The molecular formula is C25H25F3N2O3. The second-order valence-corrected chi connectivity index (χ2v) is 8.47. The summed E-state index contributed by atoms with van der Waals surface area (Å²) in [6, 6.07) is 7.03. The van der Waals surface area contributed by atoms with Crippen molar-refractivity contribution in [1.29, 1.82) is 0 Å². The second-order valence-electron chi connectivity index (χ2n) is 8.47. The van der Waals surface area contributed by atoms with Gasteiger partial charge in [-0.25, -0.2) is 18.0 Å². The summed E-state index contributed by atoms with van der Waals surface area (Å²) >= 11 is 0. The highest BCUT2D eigenvalue weighted by Gasteiger charge is 2.30. The molecule has 2 unspecified atom stereocenters. The van der Waals surface area contributed by atoms with Gasteiger partial charge in [0.2, 0.25) is 5.91 Å². The van der Waals surface area contributed by atoms with Gasteiger partial charge in [0.15, 0.2) is 11.6 Å². The zero-order valence-corrected chi connectivity index (χ0v) is 18.2. The summed E-state index contributed by atoms with van der Waals surface area (Å²) in [6.45, 7) is 1.80. The van der Waals surface area contributed by atoms with Crippen molar-refractivity contribution in [2.75, 3.05) is 0 Å². The number of rotatable bonds is 7. The molecule has 1 heterocycles. The van der Waals surface area contributed by atoms with Gasteiger partial charge >= 0.3 is 5.97 Å². The molecule has 2 atom stereocenters. The lowest BCUT2D eigenvalue weighted by atomic mass is 9.91. The van der Waals surface area contributed by atoms with E-state index < -0.39 is 29.5 Å². The van der Waals surface area contributed by atoms with E-state index in [9.17, 15) is 27.9 Å². The summed E-state index contributed by atoms with van der Waals surface area (Å²) in [4.78, 5) is 24.4. The number of benzene rings is 2. The molecule has 8 heteroatoms. The minimum absolute atomic E-state index is 0.127. The van der Waals surface area contributed by atoms with Crippen molar-refractivity contribution >= 4 is 22.8 Å². The fourth-order valence-corrected chi connectivity index (χ4v) is 4.76. The molecule has 1 aliphatic carbocycles. The highest BCUT2D eigenvalue weighted by Crippen LogP contribution is 2.36. The average molecular weight is 458 g/mol. The van der Waals surface area contributed by atoms with Crippen LogP contribution in [-0.2, 0) is 28.9 Å². The quantitative estimate of drug-likeness (QED) is 0.539. The maximum atomic E-state index is 14.0. The fraction of sp³-hybridized carbons (Fsp3) is 0.360. The van der Waals surface area contributed by atoms with Gasteiger partial charge in [-0.1, -0.05) is 13.0 Å². The number of nitrogens with zero attached hydrogens (tertiary/aromatic N) is 1. The van der Waals surface area contributed by atoms with Crippen LogP contribution in [0.2, 0.25) is 0 Å². The van der Waals surface area contributed by atoms with E-state index in [1.54, 1.807) is 17.6 Å². The number of amides is 1. The van der Waals surface area contributed by atoms with E-state index in [4.69, 9.17) is 0 Å². The zero-order valence-electron chi connectivity index (χ0n) is 18.2. The van der Waals surface area contributed by atoms with Crippen LogP contribution in [0.3, 0.4) is 0 Å². The molecule has 3 aromatic rings. The Morgan fingerprint density at radius 1 is 1.15 bits per heavy atom. The minimum Gasteiger partial charge on any atom is -0.480 e. The normalized spacial score (nSPS) is 16.4. The van der Waals surface area contributed by atoms with E-state index >= 15 is 0 Å². The first-order chi connectivity index (χ1) is 15.8. The third-order valence-corrected chi connectivity index (χ3v) is 6.34. The smallest absolute Gasteiger partial charge is 0.326 e. The van der Waals surface area contributed by atoms with Gasteiger partial charge in [0.25, 0.3) is 0 Å². The Morgan fingerprint density at radius 2 is 1.94 bits per heavy atom. The van der Waals surface area contributed by atoms with Gasteiger partial charge in [0.05, 0.1) is 0 Å². The lowest BCUT2D eigenvalue weighted by Crippen LogP contribution is -2.39. The van der Waals surface area contributed by atoms with Crippen molar-refractivity contribution in [3.05, 3.63) is 70.7 Å². The molecule has 0 saturated heterocycles. The van der Waals surface area contributed by atoms with Crippen molar-refractivity contribution in [2.45, 2.75) is 57.5 Å². The van der Waals surface area contributed by atoms with Crippen molar-refractivity contribution < 1.29 is 27.9 Å². The fourth-order valence-electron chi connectivity index (χ4n) is 4.76. The topological polar surface area (TPSA) is 71.3 Å². The van der Waals surface area contributed by atoms with Crippen LogP contribution in [0.25, 0.3) is 10.9 Å². The highest BCUT2D eigenvalue weighted by molar-refractivity contribution is 5.88. The molecule has 0 aliphatic heterocycles. The molecule has 2 aromatic carbocycles. The van der Waals surface area contributed by atoms with E-state index in [1.807, 2.05) is 0 Å². The van der Waals surface area contributed by atoms with Crippen LogP contribution < -0.4 is 5.32 Å². The van der Waals surface area contributed by atoms with Crippen LogP contribution in [0, 0.1) is 17.5 Å². The number of carboxylic acids is 1. The van der Waals surface area contributed by atoms with E-state index in [1.165, 1.54) is 18.2 Å². The number of hydrogen-bond acceptors (Lipinski definition) is 2. The molecule has 1 amide bonds. The Kier molecular flexibility index (Phi) is 6.44. The van der Waals surface area contributed by atoms with Crippen LogP contribution in [0.1, 0.15) is 49.0 Å². The first-order valence-corrected chi connectivity index (χ1v) is 11.1. The predicted octanol–water partition coefficient (Wildman–Crippen LogP) is 4.70. The van der Waals surface area contributed by atoms with Gasteiger partial charge in [-0.05, 0) is 73.6 Å². The first-order valence-electron chi connectivity index (χ1n) is 11.1. The Morgan fingerprint density at radius 3 is 2.64 bits per heavy atom. The van der Waals surface area contributed by atoms with Crippen molar-refractivity contribution in [1.82, 2.24) is 9.88 Å². The number of carbonyl (C=O) groups excluding carboxylic acids is 1. The molecule has 0 fully saturated rings. The maximum Gasteiger partial charge on any atom is 0.326 e. The molecule has 0 radical (unpaired) electrons. The monoisotopic (exact) mass is 458 g/mol. The first kappa shape index (κ1) is 22.9. The molecule has 0 saturated carbocycles. The highest BCUT2D eigenvalue weighted by atomic mass is 19.2. The number of hydrogen-bond donors (Lipinski definition) is 2. The third kappa shape index (κ3) is 4.60. The SMILES string of the molecule is CCC(C(=O)O)n1c2c(c3cc(F)ccc31)CC(NC(=O)CCc1ccc(F)c(F)c1)CC2. The molecular weight excluding hydrogens is 433 g/mol. The Hall–Kier alpha value is -3.29. The van der Waals surface area contributed by atoms with Crippen molar-refractivity contribution in [3.8, 4) is 0 Å². The van der Waals surface area contributed by atoms with Crippen LogP contribution >= 0.6 is 0 Å². The van der Waals surface area contributed by atoms with Crippen LogP contribution in [-0.4, -0.2) is 27.6 Å². The van der Waals surface area contributed by atoms with Gasteiger partial charge < -0.3 is 15.0 Å². The second kappa shape index (κ2) is 9.29. The molecule has 0 bridgehead atoms. The minimum atomic E-state index is -0.942. The number of aromatic nitrogens is 1. The molecule has 33 heavy (non-hydrogen) atoms. The Bertz CT molecular complexity index is 1220. The largest absolute Gasteiger partial charge is 0.480 e. The van der Waals surface area contributed by atoms with E-state index in [0.29, 0.717) is 42.1 Å². The number of carbonyl (C=O) groups is 2. The number of aryl methyl sites for hydroxylation is 1. The molecule has 1 aliphatic rings. The van der Waals surface area contributed by atoms with Gasteiger partial charge in [-0.3, -0.25) is 4.79 Å². The standard InChI is InChI=1S/C25H25F3N2O3/c1-2-21(25(32)33)30-22-8-5-15(26)12-17(22)18-13-16(6-9-23(18)30)29-24(31)10-4-14-3-7-19(27)20(28)11-14/h3,5,7-8,11-12,16,21H,2,4,6,9-10,13H2,1H3,(H,29,31)(H,32,33). The van der Waals surface area contributed by atoms with E-state index in [2.05, 4.69) is 5.32 Å². The Labute approximate surface area is 189 Å². The number of halogens is 3. The maximum absolute atomic E-state index is 14.0. The van der Waals surface area contributed by atoms with Gasteiger partial charge in [-0.2, -0.15) is 0 Å². The van der Waals surface area contributed by atoms with Gasteiger partial charge in [0.1, 0.15) is 11.9 Å². The summed E-state index contributed by atoms with van der Waals surface area (Å²) in [6.07, 6.45) is 2.45. The number of nitrogens with one attached hydrogen (secondary N) is 1. The summed E-state index contributed by atoms with van der Waals surface area (Å²) in [5.41, 5.74) is 2.95. The van der Waals surface area contributed by atoms with Crippen LogP contribution in [0.15, 0.2) is 36.4 Å². The van der Waals surface area contributed by atoms with Crippen molar-refractivity contribution in [3.63, 3.8) is 0 Å². The summed E-state index contributed by atoms with van der Waals surface area (Å²) < 4.78 is 42.3. The third-order valence-electron chi connectivity index (χ3n) is 6.34. The zero-order chi connectivity index (χ0) is 23.7. The number of aliphatic carboxylic acids is 1. The number of fused-ring (bicyclic) bond motifs is 3.